The normalized spacial score (nSPS) is 10.9. The summed E-state index contributed by atoms with van der Waals surface area (Å²) in [6.45, 7) is 0. The van der Waals surface area contributed by atoms with Crippen LogP contribution in [-0.2, 0) is 22.1 Å². The average molecular weight is 231 g/mol. The van der Waals surface area contributed by atoms with Gasteiger partial charge in [0.05, 0.1) is 17.3 Å². The minimum atomic E-state index is -0.133. The average Bonchev–Trinajstić information content (AvgIpc) is 2.28. The van der Waals surface area contributed by atoms with E-state index in [1.54, 1.807) is 0 Å². The van der Waals surface area contributed by atoms with E-state index in [0.29, 0.717) is 11.5 Å². The molecule has 0 aliphatic carbocycles. The first-order valence-corrected chi connectivity index (χ1v) is 7.29. The van der Waals surface area contributed by atoms with Crippen LogP contribution in [0.5, 0.6) is 0 Å². The van der Waals surface area contributed by atoms with Gasteiger partial charge in [-0.25, -0.2) is 4.79 Å². The maximum atomic E-state index is 11.7. The van der Waals surface area contributed by atoms with Gasteiger partial charge in [-0.2, -0.15) is 0 Å². The van der Waals surface area contributed by atoms with Gasteiger partial charge in [0.2, 0.25) is 0 Å². The number of fused-ring (bicyclic) bond motifs is 1. The molecule has 82 valence electrons. The van der Waals surface area contributed by atoms with E-state index >= 15 is 0 Å². The third-order valence-electron chi connectivity index (χ3n) is 2.62. The van der Waals surface area contributed by atoms with Crippen LogP contribution in [0.25, 0.3) is 10.8 Å². The van der Waals surface area contributed by atoms with Crippen LogP contribution in [0.1, 0.15) is 5.56 Å². The Kier molecular flexibility index (Phi) is 3.30. The van der Waals surface area contributed by atoms with Gasteiger partial charge in [-0.05, 0) is 16.3 Å². The Bertz CT molecular complexity index is 517. The summed E-state index contributed by atoms with van der Waals surface area (Å²) in [7, 11) is -0.133. The van der Waals surface area contributed by atoms with Crippen LogP contribution in [0, 0.1) is 0 Å². The summed E-state index contributed by atoms with van der Waals surface area (Å²) in [6, 6.07) is 14.5. The molecule has 0 spiro atoms. The van der Waals surface area contributed by atoms with E-state index in [9.17, 15) is 4.79 Å². The summed E-state index contributed by atoms with van der Waals surface area (Å²) in [6.07, 6.45) is 4.51. The van der Waals surface area contributed by atoms with E-state index in [-0.39, 0.29) is 10.9 Å². The Balaban J connectivity index is 2.29. The van der Waals surface area contributed by atoms with Gasteiger partial charge >= 0.3 is 5.12 Å². The van der Waals surface area contributed by atoms with Crippen molar-refractivity contribution >= 4 is 26.8 Å². The number of carbonyl (C=O) groups excluding carboxylic acids is 1. The fourth-order valence-corrected chi connectivity index (χ4v) is 2.12. The van der Waals surface area contributed by atoms with E-state index in [4.69, 9.17) is 0 Å². The molecule has 2 aromatic rings. The van der Waals surface area contributed by atoms with Crippen molar-refractivity contribution in [3.63, 3.8) is 0 Å². The third-order valence-corrected chi connectivity index (χ3v) is 3.67. The van der Waals surface area contributed by atoms with Crippen LogP contribution in [0.3, 0.4) is 0 Å². The highest BCUT2D eigenvalue weighted by Crippen LogP contribution is 2.16. The Morgan fingerprint density at radius 1 is 1.06 bits per heavy atom. The molecule has 1 nitrogen and oxygen atoms in total. The molecule has 0 saturated heterocycles. The van der Waals surface area contributed by atoms with Crippen molar-refractivity contribution in [2.24, 2.45) is 0 Å². The maximum absolute atomic E-state index is 11.7. The van der Waals surface area contributed by atoms with Crippen molar-refractivity contribution < 1.29 is 4.79 Å². The summed E-state index contributed by atoms with van der Waals surface area (Å²) in [5.41, 5.74) is 1.12. The minimum Gasteiger partial charge on any atom is -0.237 e. The number of carbonyl (C=O) groups is 1. The van der Waals surface area contributed by atoms with Gasteiger partial charge in [0.25, 0.3) is 0 Å². The third kappa shape index (κ3) is 2.45. The van der Waals surface area contributed by atoms with Crippen LogP contribution in [0.2, 0.25) is 0 Å². The zero-order valence-corrected chi connectivity index (χ0v) is 10.4. The molecule has 0 N–H and O–H groups in total. The second-order valence-electron chi connectivity index (χ2n) is 4.05. The first-order valence-electron chi connectivity index (χ1n) is 5.25. The lowest BCUT2D eigenvalue weighted by molar-refractivity contribution is -0.110. The Hall–Kier alpha value is -1.28. The van der Waals surface area contributed by atoms with Crippen molar-refractivity contribution in [1.29, 1.82) is 0 Å². The predicted octanol–water partition coefficient (Wildman–Crippen LogP) is 2.79. The molecule has 0 atom stereocenters. The Morgan fingerprint density at radius 3 is 2.44 bits per heavy atom. The van der Waals surface area contributed by atoms with Crippen LogP contribution in [0.15, 0.2) is 42.5 Å². The SMILES string of the molecule is C[S+](C)C(=O)Cc1ccc2ccccc2c1. The van der Waals surface area contributed by atoms with Gasteiger partial charge in [-0.15, -0.1) is 0 Å². The van der Waals surface area contributed by atoms with E-state index < -0.39 is 0 Å². The molecule has 0 amide bonds. The van der Waals surface area contributed by atoms with Crippen LogP contribution in [0.4, 0.5) is 0 Å². The number of benzene rings is 2. The van der Waals surface area contributed by atoms with E-state index in [1.165, 1.54) is 10.8 Å². The van der Waals surface area contributed by atoms with Crippen LogP contribution in [-0.4, -0.2) is 17.6 Å². The molecular weight excluding hydrogens is 216 g/mol. The molecule has 0 unspecified atom stereocenters. The molecule has 0 aliphatic heterocycles. The highest BCUT2D eigenvalue weighted by molar-refractivity contribution is 8.09. The van der Waals surface area contributed by atoms with Crippen molar-refractivity contribution in [2.75, 3.05) is 12.5 Å². The summed E-state index contributed by atoms with van der Waals surface area (Å²) in [4.78, 5) is 11.7. The van der Waals surface area contributed by atoms with Gasteiger partial charge in [0.15, 0.2) is 0 Å². The predicted molar refractivity (Wildman–Crippen MR) is 71.9 cm³/mol. The summed E-state index contributed by atoms with van der Waals surface area (Å²) in [5, 5.41) is 2.76. The summed E-state index contributed by atoms with van der Waals surface area (Å²) >= 11 is 0. The molecule has 16 heavy (non-hydrogen) atoms. The Morgan fingerprint density at radius 2 is 1.75 bits per heavy atom. The van der Waals surface area contributed by atoms with Crippen molar-refractivity contribution in [3.05, 3.63) is 48.0 Å². The van der Waals surface area contributed by atoms with E-state index in [0.717, 1.165) is 5.56 Å². The van der Waals surface area contributed by atoms with Gasteiger partial charge in [-0.1, -0.05) is 42.5 Å². The lowest BCUT2D eigenvalue weighted by atomic mass is 10.1. The van der Waals surface area contributed by atoms with Gasteiger partial charge in [0, 0.05) is 0 Å². The van der Waals surface area contributed by atoms with Gasteiger partial charge in [-0.3, -0.25) is 0 Å². The van der Waals surface area contributed by atoms with E-state index in [2.05, 4.69) is 24.3 Å². The molecule has 0 bridgehead atoms. The number of hydrogen-bond donors (Lipinski definition) is 0. The standard InChI is InChI=1S/C14H15OS/c1-16(2)14(15)10-11-7-8-12-5-3-4-6-13(12)9-11/h3-9H,10H2,1-2H3/q+1. The van der Waals surface area contributed by atoms with Crippen LogP contribution < -0.4 is 0 Å². The first kappa shape index (κ1) is 11.2. The zero-order chi connectivity index (χ0) is 11.5. The van der Waals surface area contributed by atoms with Crippen molar-refractivity contribution in [3.8, 4) is 0 Å². The highest BCUT2D eigenvalue weighted by atomic mass is 32.2. The van der Waals surface area contributed by atoms with E-state index in [1.807, 2.05) is 30.7 Å². The monoisotopic (exact) mass is 231 g/mol. The number of rotatable bonds is 2. The largest absolute Gasteiger partial charge is 0.334 e. The second-order valence-corrected chi connectivity index (χ2v) is 6.14. The summed E-state index contributed by atoms with van der Waals surface area (Å²) < 4.78 is 0. The fourth-order valence-electron chi connectivity index (χ4n) is 1.66. The quantitative estimate of drug-likeness (QED) is 0.726. The smallest absolute Gasteiger partial charge is 0.237 e. The van der Waals surface area contributed by atoms with Crippen LogP contribution >= 0.6 is 0 Å². The van der Waals surface area contributed by atoms with Gasteiger partial charge < -0.3 is 0 Å². The minimum absolute atomic E-state index is 0.133. The first-order chi connectivity index (χ1) is 7.66. The summed E-state index contributed by atoms with van der Waals surface area (Å²) in [5.74, 6) is 0. The molecule has 0 heterocycles. The zero-order valence-electron chi connectivity index (χ0n) is 9.57. The molecule has 2 rings (SSSR count). The number of hydrogen-bond acceptors (Lipinski definition) is 1. The molecular formula is C14H15OS+. The highest BCUT2D eigenvalue weighted by Gasteiger charge is 2.17. The molecule has 0 radical (unpaired) electrons. The lowest BCUT2D eigenvalue weighted by Gasteiger charge is -2.01. The van der Waals surface area contributed by atoms with Crippen molar-refractivity contribution in [2.45, 2.75) is 6.42 Å². The molecule has 0 fully saturated rings. The molecule has 2 heteroatoms. The second kappa shape index (κ2) is 4.71. The molecule has 2 aromatic carbocycles. The van der Waals surface area contributed by atoms with Gasteiger partial charge in [0.1, 0.15) is 12.5 Å². The maximum Gasteiger partial charge on any atom is 0.334 e. The molecule has 0 aliphatic rings. The molecule has 0 aromatic heterocycles. The van der Waals surface area contributed by atoms with Crippen molar-refractivity contribution in [1.82, 2.24) is 0 Å². The Labute approximate surface area is 98.8 Å². The molecule has 0 saturated carbocycles. The lowest BCUT2D eigenvalue weighted by Crippen LogP contribution is -2.13. The fraction of sp³-hybridized carbons (Fsp3) is 0.214. The topological polar surface area (TPSA) is 17.1 Å².